The van der Waals surface area contributed by atoms with Crippen LogP contribution in [0.5, 0.6) is 0 Å². The summed E-state index contributed by atoms with van der Waals surface area (Å²) in [5.74, 6) is -0.0400. The smallest absolute Gasteiger partial charge is 0.305 e. The van der Waals surface area contributed by atoms with Crippen molar-refractivity contribution in [2.75, 3.05) is 13.2 Å². The van der Waals surface area contributed by atoms with Crippen LogP contribution in [-0.4, -0.2) is 47.4 Å². The Morgan fingerprint density at radius 1 is 0.308 bits per heavy atom. The van der Waals surface area contributed by atoms with E-state index in [1.165, 1.54) is 398 Å². The summed E-state index contributed by atoms with van der Waals surface area (Å²) in [5, 5.41) is 23.3. The van der Waals surface area contributed by atoms with Gasteiger partial charge in [0.25, 0.3) is 0 Å². The van der Waals surface area contributed by atoms with Gasteiger partial charge < -0.3 is 20.3 Å². The van der Waals surface area contributed by atoms with Gasteiger partial charge in [0.05, 0.1) is 25.4 Å². The van der Waals surface area contributed by atoms with Gasteiger partial charge in [-0.25, -0.2) is 0 Å². The van der Waals surface area contributed by atoms with Crippen LogP contribution in [0, 0.1) is 0 Å². The van der Waals surface area contributed by atoms with E-state index < -0.39 is 12.1 Å². The highest BCUT2D eigenvalue weighted by atomic mass is 16.5. The number of aliphatic hydroxyl groups is 2. The van der Waals surface area contributed by atoms with E-state index in [1.54, 1.807) is 6.08 Å². The number of esters is 1. The molecule has 0 rings (SSSR count). The summed E-state index contributed by atoms with van der Waals surface area (Å²) in [7, 11) is 0. The van der Waals surface area contributed by atoms with E-state index in [0.717, 1.165) is 44.9 Å². The maximum absolute atomic E-state index is 12.6. The highest BCUT2D eigenvalue weighted by Gasteiger charge is 2.18. The minimum absolute atomic E-state index is 0.0204. The fraction of sp³-hybridized carbons (Fsp3) is 0.906. The molecule has 0 fully saturated rings. The normalized spacial score (nSPS) is 12.6. The summed E-state index contributed by atoms with van der Waals surface area (Å²) in [6, 6.07) is -0.628. The van der Waals surface area contributed by atoms with Gasteiger partial charge in [-0.2, -0.15) is 0 Å². The Bertz CT molecular complexity index is 1470. The van der Waals surface area contributed by atoms with Gasteiger partial charge in [-0.1, -0.05) is 429 Å². The molecule has 0 radical (unpaired) electrons. The molecule has 0 aliphatic rings. The fourth-order valence-electron chi connectivity index (χ4n) is 13.3. The molecule has 0 spiro atoms. The van der Waals surface area contributed by atoms with Crippen molar-refractivity contribution in [2.45, 2.75) is 482 Å². The number of carbonyl (C=O) groups excluding carboxylic acids is 2. The Labute approximate surface area is 570 Å². The van der Waals surface area contributed by atoms with Gasteiger partial charge in [0.1, 0.15) is 0 Å². The molecule has 3 N–H and O–H groups in total. The van der Waals surface area contributed by atoms with E-state index in [-0.39, 0.29) is 18.5 Å². The molecule has 0 aliphatic carbocycles. The highest BCUT2D eigenvalue weighted by molar-refractivity contribution is 5.76. The van der Waals surface area contributed by atoms with Crippen molar-refractivity contribution >= 4 is 11.9 Å². The number of aliphatic hydroxyl groups excluding tert-OH is 2. The first-order chi connectivity index (χ1) is 45.0. The zero-order valence-electron chi connectivity index (χ0n) is 61.9. The minimum atomic E-state index is -0.845. The van der Waals surface area contributed by atoms with Crippen LogP contribution >= 0.6 is 0 Å². The van der Waals surface area contributed by atoms with Gasteiger partial charge in [-0.05, 0) is 64.2 Å². The Morgan fingerprint density at radius 2 is 0.549 bits per heavy atom. The van der Waals surface area contributed by atoms with Crippen molar-refractivity contribution < 1.29 is 24.5 Å². The van der Waals surface area contributed by atoms with Crippen molar-refractivity contribution in [1.29, 1.82) is 0 Å². The maximum Gasteiger partial charge on any atom is 0.305 e. The molecular formula is C85H163NO5. The lowest BCUT2D eigenvalue weighted by Gasteiger charge is -2.20. The van der Waals surface area contributed by atoms with Crippen LogP contribution in [0.4, 0.5) is 0 Å². The van der Waals surface area contributed by atoms with Crippen LogP contribution < -0.4 is 5.32 Å². The number of rotatable bonds is 79. The van der Waals surface area contributed by atoms with E-state index in [2.05, 4.69) is 43.5 Å². The van der Waals surface area contributed by atoms with Gasteiger partial charge in [0.15, 0.2) is 0 Å². The number of allylic oxidation sites excluding steroid dienone is 5. The van der Waals surface area contributed by atoms with Crippen molar-refractivity contribution in [3.8, 4) is 0 Å². The van der Waals surface area contributed by atoms with E-state index >= 15 is 0 Å². The van der Waals surface area contributed by atoms with E-state index in [9.17, 15) is 19.8 Å². The summed E-state index contributed by atoms with van der Waals surface area (Å²) in [6.07, 6.45) is 106. The van der Waals surface area contributed by atoms with Gasteiger partial charge >= 0.3 is 5.97 Å². The standard InChI is InChI=1S/C85H163NO5/c1-3-5-7-9-11-13-15-17-19-20-21-22-23-37-40-43-46-50-53-57-61-65-69-73-77-83(88)82(81-87)86-84(89)78-74-70-66-62-58-54-51-47-44-41-38-35-33-31-29-27-25-24-26-28-30-32-34-36-39-42-45-48-52-56-60-64-68-72-76-80-91-85(90)79-75-71-67-63-59-55-49-18-16-14-12-10-8-6-4-2/h26,28,32,34,73,77,82-83,87-88H,3-25,27,29-31,33,35-72,74-76,78-81H2,1-2H3,(H,86,89)/b28-26-,34-32-,77-73+. The number of amides is 1. The maximum atomic E-state index is 12.6. The number of hydrogen-bond donors (Lipinski definition) is 3. The SMILES string of the molecule is CCCCCCCCCCCCCCCCCCCCCCCC/C=C/C(O)C(CO)NC(=O)CCCCCCCCCCCCCCCCCCC/C=C\C/C=C\CCCCCCCCCCCCCOC(=O)CCCCCCCCCCCCCCCCC. The third kappa shape index (κ3) is 77.0. The Balaban J connectivity index is 3.39. The van der Waals surface area contributed by atoms with Crippen molar-refractivity contribution in [3.05, 3.63) is 36.5 Å². The number of ether oxygens (including phenoxy) is 1. The molecule has 0 aromatic carbocycles. The van der Waals surface area contributed by atoms with Crippen LogP contribution in [0.3, 0.4) is 0 Å². The summed E-state index contributed by atoms with van der Waals surface area (Å²) < 4.78 is 5.50. The number of carbonyl (C=O) groups is 2. The van der Waals surface area contributed by atoms with E-state index in [4.69, 9.17) is 4.74 Å². The van der Waals surface area contributed by atoms with Crippen LogP contribution in [0.15, 0.2) is 36.5 Å². The predicted octanol–water partition coefficient (Wildman–Crippen LogP) is 27.8. The van der Waals surface area contributed by atoms with Gasteiger partial charge in [-0.3, -0.25) is 9.59 Å². The second-order valence-electron chi connectivity index (χ2n) is 28.8. The van der Waals surface area contributed by atoms with Gasteiger partial charge in [0.2, 0.25) is 5.91 Å². The monoisotopic (exact) mass is 1280 g/mol. The Hall–Kier alpha value is -1.92. The van der Waals surface area contributed by atoms with Crippen molar-refractivity contribution in [3.63, 3.8) is 0 Å². The molecule has 538 valence electrons. The van der Waals surface area contributed by atoms with E-state index in [1.807, 2.05) is 6.08 Å². The second-order valence-corrected chi connectivity index (χ2v) is 28.8. The fourth-order valence-corrected chi connectivity index (χ4v) is 13.3. The molecule has 0 aromatic heterocycles. The highest BCUT2D eigenvalue weighted by Crippen LogP contribution is 2.20. The molecule has 0 aromatic rings. The summed E-state index contributed by atoms with van der Waals surface area (Å²) >= 11 is 0. The average molecular weight is 1280 g/mol. The quantitative estimate of drug-likeness (QED) is 0.0320. The minimum Gasteiger partial charge on any atom is -0.466 e. The lowest BCUT2D eigenvalue weighted by atomic mass is 10.0. The third-order valence-electron chi connectivity index (χ3n) is 19.7. The van der Waals surface area contributed by atoms with Gasteiger partial charge in [-0.15, -0.1) is 0 Å². The van der Waals surface area contributed by atoms with Crippen LogP contribution in [-0.2, 0) is 14.3 Å². The average Bonchev–Trinajstić information content (AvgIpc) is 3.67. The van der Waals surface area contributed by atoms with Crippen LogP contribution in [0.2, 0.25) is 0 Å². The third-order valence-corrected chi connectivity index (χ3v) is 19.7. The molecule has 2 atom stereocenters. The van der Waals surface area contributed by atoms with Crippen LogP contribution in [0.25, 0.3) is 0 Å². The lowest BCUT2D eigenvalue weighted by molar-refractivity contribution is -0.143. The molecule has 1 amide bonds. The molecule has 6 heteroatoms. The summed E-state index contributed by atoms with van der Waals surface area (Å²) in [5.41, 5.74) is 0. The van der Waals surface area contributed by atoms with Crippen molar-refractivity contribution in [1.82, 2.24) is 5.32 Å². The zero-order chi connectivity index (χ0) is 65.6. The van der Waals surface area contributed by atoms with Crippen LogP contribution in [0.1, 0.15) is 470 Å². The molecule has 0 heterocycles. The Morgan fingerprint density at radius 3 is 0.835 bits per heavy atom. The second kappa shape index (κ2) is 80.5. The first kappa shape index (κ1) is 89.1. The molecule has 0 saturated heterocycles. The first-order valence-corrected chi connectivity index (χ1v) is 41.8. The number of unbranched alkanes of at least 4 members (excludes halogenated alkanes) is 64. The van der Waals surface area contributed by atoms with Gasteiger partial charge in [0, 0.05) is 12.8 Å². The number of hydrogen-bond acceptors (Lipinski definition) is 5. The summed E-state index contributed by atoms with van der Waals surface area (Å²) in [6.45, 7) is 4.96. The van der Waals surface area contributed by atoms with Crippen molar-refractivity contribution in [2.24, 2.45) is 0 Å². The topological polar surface area (TPSA) is 95.9 Å². The molecule has 0 saturated carbocycles. The molecule has 2 unspecified atom stereocenters. The zero-order valence-corrected chi connectivity index (χ0v) is 61.9. The number of nitrogens with one attached hydrogen (secondary N) is 1. The first-order valence-electron chi connectivity index (χ1n) is 41.8. The van der Waals surface area contributed by atoms with E-state index in [0.29, 0.717) is 19.4 Å². The predicted molar refractivity (Wildman–Crippen MR) is 403 cm³/mol. The Kier molecular flexibility index (Phi) is 78.8. The largest absolute Gasteiger partial charge is 0.466 e. The molecule has 0 bridgehead atoms. The molecule has 6 nitrogen and oxygen atoms in total. The lowest BCUT2D eigenvalue weighted by Crippen LogP contribution is -2.45. The molecule has 91 heavy (non-hydrogen) atoms. The molecule has 0 aliphatic heterocycles. The summed E-state index contributed by atoms with van der Waals surface area (Å²) in [4.78, 5) is 24.7. The molecular weight excluding hydrogens is 1110 g/mol.